The van der Waals surface area contributed by atoms with Gasteiger partial charge >= 0.3 is 0 Å². The van der Waals surface area contributed by atoms with E-state index in [4.69, 9.17) is 25.2 Å². The molecule has 0 aliphatic heterocycles. The van der Waals surface area contributed by atoms with E-state index < -0.39 is 0 Å². The third kappa shape index (κ3) is 2.09. The summed E-state index contributed by atoms with van der Waals surface area (Å²) in [6.45, 7) is 0.743. The van der Waals surface area contributed by atoms with E-state index in [2.05, 4.69) is 0 Å². The Kier molecular flexibility index (Phi) is 3.63. The maximum atomic E-state index is 8.98. The summed E-state index contributed by atoms with van der Waals surface area (Å²) in [5, 5.41) is 18.0. The van der Waals surface area contributed by atoms with Gasteiger partial charge in [-0.2, -0.15) is 4.73 Å². The van der Waals surface area contributed by atoms with Crippen molar-refractivity contribution in [1.82, 2.24) is 4.73 Å². The number of anilines is 2. The smallest absolute Gasteiger partial charge is 0.198 e. The van der Waals surface area contributed by atoms with Crippen molar-refractivity contribution in [3.05, 3.63) is 12.1 Å². The molecule has 0 saturated carbocycles. The van der Waals surface area contributed by atoms with Crippen LogP contribution in [0.2, 0.25) is 0 Å². The molecule has 2 aromatic heterocycles. The highest BCUT2D eigenvalue weighted by Gasteiger charge is 2.16. The number of aliphatic hydroxyl groups excluding tert-OH is 2. The van der Waals surface area contributed by atoms with Gasteiger partial charge in [0, 0.05) is 25.2 Å². The van der Waals surface area contributed by atoms with Gasteiger partial charge in [0.1, 0.15) is 18.4 Å². The number of nitrogens with two attached hydrogens (primary N) is 1. The number of nitrogens with zero attached hydrogens (tertiary/aromatic N) is 2. The Balaban J connectivity index is 2.36. The normalized spacial score (nSPS) is 11.1. The van der Waals surface area contributed by atoms with Crippen molar-refractivity contribution in [3.63, 3.8) is 0 Å². The van der Waals surface area contributed by atoms with E-state index in [9.17, 15) is 0 Å². The molecule has 7 heteroatoms. The highest BCUT2D eigenvalue weighted by Crippen LogP contribution is 2.29. The fraction of sp³-hybridized carbons (Fsp3) is 0.455. The Morgan fingerprint density at radius 3 is 2.56 bits per heavy atom. The summed E-state index contributed by atoms with van der Waals surface area (Å²) in [6, 6.07) is 3.43. The number of furan rings is 1. The van der Waals surface area contributed by atoms with Crippen LogP contribution in [0.5, 0.6) is 0 Å². The minimum atomic E-state index is -0.0165. The van der Waals surface area contributed by atoms with Crippen LogP contribution in [0.4, 0.5) is 11.7 Å². The predicted octanol–water partition coefficient (Wildman–Crippen LogP) is -0.334. The predicted molar refractivity (Wildman–Crippen MR) is 67.5 cm³/mol. The highest BCUT2D eigenvalue weighted by atomic mass is 16.6. The standard InChI is InChI=1S/C11H17N3O4/c1-17-14-8-6-11(13(2-4-15)3-5-16)18-9(8)7-10(14)12/h6-7,15-16H,2-5,12H2,1H3. The summed E-state index contributed by atoms with van der Waals surface area (Å²) in [6.07, 6.45) is 0. The van der Waals surface area contributed by atoms with Crippen LogP contribution in [0.1, 0.15) is 0 Å². The fourth-order valence-corrected chi connectivity index (χ4v) is 1.91. The van der Waals surface area contributed by atoms with Gasteiger partial charge in [-0.3, -0.25) is 0 Å². The van der Waals surface area contributed by atoms with E-state index in [1.165, 1.54) is 11.8 Å². The minimum Gasteiger partial charge on any atom is -0.439 e. The van der Waals surface area contributed by atoms with Crippen molar-refractivity contribution in [2.24, 2.45) is 0 Å². The zero-order valence-electron chi connectivity index (χ0n) is 10.2. The molecule has 7 nitrogen and oxygen atoms in total. The Labute approximate surface area is 104 Å². The summed E-state index contributed by atoms with van der Waals surface area (Å²) in [7, 11) is 1.52. The second kappa shape index (κ2) is 5.19. The molecule has 0 fully saturated rings. The Hall–Kier alpha value is -1.86. The molecule has 0 aliphatic rings. The van der Waals surface area contributed by atoms with Crippen molar-refractivity contribution in [1.29, 1.82) is 0 Å². The first-order chi connectivity index (χ1) is 8.71. The molecular weight excluding hydrogens is 238 g/mol. The van der Waals surface area contributed by atoms with E-state index in [1.807, 2.05) is 0 Å². The maximum Gasteiger partial charge on any atom is 0.198 e. The largest absolute Gasteiger partial charge is 0.439 e. The Morgan fingerprint density at radius 2 is 2.00 bits per heavy atom. The molecule has 4 N–H and O–H groups in total. The van der Waals surface area contributed by atoms with Gasteiger partial charge in [0.05, 0.1) is 13.2 Å². The molecule has 0 atom stereocenters. The first-order valence-corrected chi connectivity index (χ1v) is 5.63. The molecule has 2 aromatic rings. The molecule has 0 radical (unpaired) electrons. The molecule has 0 saturated heterocycles. The zero-order chi connectivity index (χ0) is 13.1. The summed E-state index contributed by atoms with van der Waals surface area (Å²) >= 11 is 0. The van der Waals surface area contributed by atoms with Gasteiger partial charge in [-0.05, 0) is 0 Å². The van der Waals surface area contributed by atoms with Crippen LogP contribution in [0, 0.1) is 0 Å². The number of aliphatic hydroxyl groups is 2. The van der Waals surface area contributed by atoms with Crippen molar-refractivity contribution >= 4 is 22.8 Å². The first-order valence-electron chi connectivity index (χ1n) is 5.63. The minimum absolute atomic E-state index is 0.0165. The van der Waals surface area contributed by atoms with Crippen molar-refractivity contribution in [2.75, 3.05) is 44.0 Å². The molecule has 0 unspecified atom stereocenters. The molecule has 0 aromatic carbocycles. The number of nitrogen functional groups attached to an aromatic ring is 1. The molecule has 0 bridgehead atoms. The lowest BCUT2D eigenvalue weighted by Crippen LogP contribution is -2.29. The van der Waals surface area contributed by atoms with E-state index in [1.54, 1.807) is 17.0 Å². The first kappa shape index (κ1) is 12.6. The fourth-order valence-electron chi connectivity index (χ4n) is 1.91. The molecule has 2 rings (SSSR count). The van der Waals surface area contributed by atoms with E-state index in [0.717, 1.165) is 0 Å². The van der Waals surface area contributed by atoms with Gasteiger partial charge in [0.2, 0.25) is 0 Å². The second-order valence-corrected chi connectivity index (χ2v) is 3.81. The molecule has 18 heavy (non-hydrogen) atoms. The number of fused-ring (bicyclic) bond motifs is 1. The van der Waals surface area contributed by atoms with Crippen LogP contribution in [-0.2, 0) is 0 Å². The van der Waals surface area contributed by atoms with Gasteiger partial charge in [0.15, 0.2) is 11.5 Å². The van der Waals surface area contributed by atoms with E-state index >= 15 is 0 Å². The van der Waals surface area contributed by atoms with Gasteiger partial charge in [-0.25, -0.2) is 0 Å². The topological polar surface area (TPSA) is 97.0 Å². The monoisotopic (exact) mass is 255 g/mol. The Morgan fingerprint density at radius 1 is 1.33 bits per heavy atom. The lowest BCUT2D eigenvalue weighted by atomic mass is 10.4. The van der Waals surface area contributed by atoms with Crippen molar-refractivity contribution in [3.8, 4) is 0 Å². The highest BCUT2D eigenvalue weighted by molar-refractivity contribution is 5.82. The third-order valence-corrected chi connectivity index (χ3v) is 2.69. The van der Waals surface area contributed by atoms with Gasteiger partial charge < -0.3 is 30.1 Å². The van der Waals surface area contributed by atoms with E-state index in [0.29, 0.717) is 35.9 Å². The van der Waals surface area contributed by atoms with Crippen LogP contribution < -0.4 is 15.5 Å². The number of hydrogen-bond acceptors (Lipinski definition) is 6. The summed E-state index contributed by atoms with van der Waals surface area (Å²) in [5.74, 6) is 1.02. The van der Waals surface area contributed by atoms with Crippen molar-refractivity contribution < 1.29 is 19.5 Å². The quantitative estimate of drug-likeness (QED) is 0.653. The Bertz CT molecular complexity index is 514. The molecular formula is C11H17N3O4. The third-order valence-electron chi connectivity index (χ3n) is 2.69. The molecule has 100 valence electrons. The number of hydrogen-bond donors (Lipinski definition) is 3. The molecule has 2 heterocycles. The van der Waals surface area contributed by atoms with E-state index in [-0.39, 0.29) is 13.2 Å². The lowest BCUT2D eigenvalue weighted by molar-refractivity contribution is 0.184. The molecule has 0 amide bonds. The molecule has 0 aliphatic carbocycles. The lowest BCUT2D eigenvalue weighted by Gasteiger charge is -2.19. The SMILES string of the molecule is COn1c(N)cc2oc(N(CCO)CCO)cc21. The van der Waals surface area contributed by atoms with Crippen molar-refractivity contribution in [2.45, 2.75) is 0 Å². The van der Waals surface area contributed by atoms with Crippen LogP contribution >= 0.6 is 0 Å². The van der Waals surface area contributed by atoms with Crippen LogP contribution in [0.25, 0.3) is 11.1 Å². The summed E-state index contributed by atoms with van der Waals surface area (Å²) in [5.41, 5.74) is 7.05. The second-order valence-electron chi connectivity index (χ2n) is 3.81. The number of rotatable bonds is 6. The average Bonchev–Trinajstić information content (AvgIpc) is 2.85. The van der Waals surface area contributed by atoms with Crippen LogP contribution in [-0.4, -0.2) is 48.4 Å². The summed E-state index contributed by atoms with van der Waals surface area (Å²) in [4.78, 5) is 6.87. The van der Waals surface area contributed by atoms with Crippen LogP contribution in [0.3, 0.4) is 0 Å². The summed E-state index contributed by atoms with van der Waals surface area (Å²) < 4.78 is 7.08. The van der Waals surface area contributed by atoms with Gasteiger partial charge in [0.25, 0.3) is 0 Å². The average molecular weight is 255 g/mol. The maximum absolute atomic E-state index is 8.98. The van der Waals surface area contributed by atoms with Gasteiger partial charge in [-0.15, -0.1) is 0 Å². The number of aromatic nitrogens is 1. The molecule has 0 spiro atoms. The van der Waals surface area contributed by atoms with Crippen LogP contribution in [0.15, 0.2) is 16.5 Å². The van der Waals surface area contributed by atoms with Gasteiger partial charge in [-0.1, -0.05) is 0 Å². The zero-order valence-corrected chi connectivity index (χ0v) is 10.2.